The number of anilines is 1. The van der Waals surface area contributed by atoms with Gasteiger partial charge >= 0.3 is 0 Å². The van der Waals surface area contributed by atoms with Crippen LogP contribution in [0.15, 0.2) is 78.9 Å². The number of ether oxygens (including phenoxy) is 2. The van der Waals surface area contributed by atoms with E-state index < -0.39 is 0 Å². The third kappa shape index (κ3) is 9.17. The molecule has 37 heavy (non-hydrogen) atoms. The highest BCUT2D eigenvalue weighted by atomic mass is 35.5. The van der Waals surface area contributed by atoms with Gasteiger partial charge in [0.2, 0.25) is 12.3 Å². The molecule has 0 radical (unpaired) electrons. The van der Waals surface area contributed by atoms with Crippen molar-refractivity contribution < 1.29 is 19.1 Å². The molecule has 194 valence electrons. The Kier molecular flexibility index (Phi) is 12.0. The fraction of sp³-hybridized carbons (Fsp3) is 0.200. The summed E-state index contributed by atoms with van der Waals surface area (Å²) in [6, 6.07) is 24.8. The Balaban J connectivity index is 0.000000287. The van der Waals surface area contributed by atoms with Crippen molar-refractivity contribution in [2.45, 2.75) is 27.7 Å². The first-order valence-electron chi connectivity index (χ1n) is 11.9. The molecule has 0 heterocycles. The van der Waals surface area contributed by atoms with Crippen molar-refractivity contribution in [3.8, 4) is 17.2 Å². The molecule has 0 aliphatic rings. The van der Waals surface area contributed by atoms with Gasteiger partial charge in [0.1, 0.15) is 11.5 Å². The van der Waals surface area contributed by atoms with E-state index in [9.17, 15) is 9.59 Å². The Labute approximate surface area is 223 Å². The molecule has 0 fully saturated rings. The van der Waals surface area contributed by atoms with Gasteiger partial charge in [-0.3, -0.25) is 9.59 Å². The van der Waals surface area contributed by atoms with Crippen LogP contribution in [0.4, 0.5) is 5.69 Å². The van der Waals surface area contributed by atoms with Crippen molar-refractivity contribution in [1.29, 1.82) is 0 Å². The van der Waals surface area contributed by atoms with Crippen molar-refractivity contribution in [2.24, 2.45) is 0 Å². The number of amides is 2. The van der Waals surface area contributed by atoms with Gasteiger partial charge in [0.15, 0.2) is 5.75 Å². The standard InChI is InChI=1S/C17H18N2O4.C11H9Cl.C2H6/c1-12-7-13(22-2)9-14(8-12)23-16-6-4-3-5-15(16)19-17(21)10-18-11-20;1-8-3-2-4-9-7-10(12)5-6-11(8)9;1-2/h3-9,11H,10H2,1-2H3,(H,18,20)(H,19,21);2-7H,1H3;1-2H3. The maximum absolute atomic E-state index is 11.7. The van der Waals surface area contributed by atoms with Crippen LogP contribution in [0, 0.1) is 13.8 Å². The maximum Gasteiger partial charge on any atom is 0.243 e. The Hall–Kier alpha value is -4.03. The summed E-state index contributed by atoms with van der Waals surface area (Å²) in [6.07, 6.45) is 0.473. The number of carbonyl (C=O) groups excluding carboxylic acids is 2. The topological polar surface area (TPSA) is 76.7 Å². The fourth-order valence-corrected chi connectivity index (χ4v) is 3.60. The highest BCUT2D eigenvalue weighted by molar-refractivity contribution is 6.31. The molecule has 0 aromatic heterocycles. The molecular formula is C30H33ClN2O4. The van der Waals surface area contributed by atoms with Gasteiger partial charge < -0.3 is 20.1 Å². The Morgan fingerprint density at radius 3 is 2.38 bits per heavy atom. The van der Waals surface area contributed by atoms with Gasteiger partial charge in [-0.1, -0.05) is 61.8 Å². The van der Waals surface area contributed by atoms with Crippen molar-refractivity contribution in [3.63, 3.8) is 0 Å². The van der Waals surface area contributed by atoms with Crippen LogP contribution >= 0.6 is 11.6 Å². The predicted molar refractivity (Wildman–Crippen MR) is 152 cm³/mol. The summed E-state index contributed by atoms with van der Waals surface area (Å²) in [7, 11) is 1.59. The van der Waals surface area contributed by atoms with E-state index in [0.717, 1.165) is 10.6 Å². The summed E-state index contributed by atoms with van der Waals surface area (Å²) in [5, 5.41) is 8.29. The molecule has 2 amide bonds. The Morgan fingerprint density at radius 1 is 0.919 bits per heavy atom. The van der Waals surface area contributed by atoms with E-state index in [1.54, 1.807) is 31.4 Å². The molecule has 0 spiro atoms. The van der Waals surface area contributed by atoms with E-state index >= 15 is 0 Å². The molecule has 7 heteroatoms. The number of hydrogen-bond acceptors (Lipinski definition) is 4. The average Bonchev–Trinajstić information content (AvgIpc) is 2.90. The van der Waals surface area contributed by atoms with Crippen LogP contribution < -0.4 is 20.1 Å². The van der Waals surface area contributed by atoms with Crippen LogP contribution in [0.1, 0.15) is 25.0 Å². The molecule has 2 N–H and O–H groups in total. The first kappa shape index (κ1) is 29.2. The van der Waals surface area contributed by atoms with Crippen molar-refractivity contribution in [2.75, 3.05) is 19.0 Å². The highest BCUT2D eigenvalue weighted by Gasteiger charge is 2.09. The lowest BCUT2D eigenvalue weighted by Crippen LogP contribution is -2.27. The first-order chi connectivity index (χ1) is 17.9. The number of carbonyl (C=O) groups is 2. The van der Waals surface area contributed by atoms with Gasteiger partial charge in [-0.05, 0) is 72.1 Å². The molecule has 4 rings (SSSR count). The van der Waals surface area contributed by atoms with Gasteiger partial charge in [-0.2, -0.15) is 0 Å². The molecule has 0 aliphatic heterocycles. The second-order valence-electron chi connectivity index (χ2n) is 7.77. The minimum Gasteiger partial charge on any atom is -0.497 e. The summed E-state index contributed by atoms with van der Waals surface area (Å²) in [4.78, 5) is 22.0. The van der Waals surface area contributed by atoms with Crippen LogP contribution in [-0.2, 0) is 9.59 Å². The second kappa shape index (κ2) is 15.2. The van der Waals surface area contributed by atoms with E-state index in [0.29, 0.717) is 29.3 Å². The summed E-state index contributed by atoms with van der Waals surface area (Å²) in [5.41, 5.74) is 2.81. The monoisotopic (exact) mass is 520 g/mol. The number of nitrogens with one attached hydrogen (secondary N) is 2. The molecule has 4 aromatic rings. The van der Waals surface area contributed by atoms with Crippen molar-refractivity contribution in [3.05, 3.63) is 95.0 Å². The van der Waals surface area contributed by atoms with E-state index in [1.807, 2.05) is 57.2 Å². The molecule has 0 aliphatic carbocycles. The van der Waals surface area contributed by atoms with Crippen LogP contribution in [0.5, 0.6) is 17.2 Å². The van der Waals surface area contributed by atoms with Gasteiger partial charge in [0.25, 0.3) is 0 Å². The van der Waals surface area contributed by atoms with E-state index in [4.69, 9.17) is 21.1 Å². The van der Waals surface area contributed by atoms with Gasteiger partial charge in [-0.15, -0.1) is 0 Å². The van der Waals surface area contributed by atoms with E-state index in [2.05, 4.69) is 35.8 Å². The fourth-order valence-electron chi connectivity index (χ4n) is 3.42. The third-order valence-electron chi connectivity index (χ3n) is 5.06. The third-order valence-corrected chi connectivity index (χ3v) is 5.29. The van der Waals surface area contributed by atoms with Crippen LogP contribution in [0.2, 0.25) is 5.02 Å². The predicted octanol–water partition coefficient (Wildman–Crippen LogP) is 7.31. The smallest absolute Gasteiger partial charge is 0.243 e. The summed E-state index contributed by atoms with van der Waals surface area (Å²) in [6.45, 7) is 7.94. The summed E-state index contributed by atoms with van der Waals surface area (Å²) < 4.78 is 11.1. The summed E-state index contributed by atoms with van der Waals surface area (Å²) >= 11 is 5.87. The lowest BCUT2D eigenvalue weighted by atomic mass is 10.1. The molecule has 0 saturated carbocycles. The Bertz CT molecular complexity index is 1320. The molecule has 0 unspecified atom stereocenters. The second-order valence-corrected chi connectivity index (χ2v) is 8.21. The quantitative estimate of drug-likeness (QED) is 0.250. The van der Waals surface area contributed by atoms with Crippen LogP contribution in [0.25, 0.3) is 10.8 Å². The minimum atomic E-state index is -0.338. The number of benzene rings is 4. The summed E-state index contributed by atoms with van der Waals surface area (Å²) in [5.74, 6) is 1.46. The van der Waals surface area contributed by atoms with Crippen molar-refractivity contribution >= 4 is 40.4 Å². The number of hydrogen-bond donors (Lipinski definition) is 2. The van der Waals surface area contributed by atoms with Gasteiger partial charge in [0.05, 0.1) is 19.3 Å². The van der Waals surface area contributed by atoms with Gasteiger partial charge in [0, 0.05) is 11.1 Å². The van der Waals surface area contributed by atoms with Crippen LogP contribution in [-0.4, -0.2) is 26.0 Å². The molecule has 0 saturated heterocycles. The molecule has 4 aromatic carbocycles. The number of halogens is 1. The van der Waals surface area contributed by atoms with E-state index in [-0.39, 0.29) is 12.5 Å². The maximum atomic E-state index is 11.7. The first-order valence-corrected chi connectivity index (χ1v) is 12.3. The zero-order valence-corrected chi connectivity index (χ0v) is 22.6. The molecular weight excluding hydrogens is 488 g/mol. The van der Waals surface area contributed by atoms with Gasteiger partial charge in [-0.25, -0.2) is 0 Å². The number of rotatable bonds is 7. The average molecular weight is 521 g/mol. The van der Waals surface area contributed by atoms with Crippen molar-refractivity contribution in [1.82, 2.24) is 5.32 Å². The lowest BCUT2D eigenvalue weighted by Gasteiger charge is -2.13. The zero-order valence-electron chi connectivity index (χ0n) is 21.8. The Morgan fingerprint density at radius 2 is 1.65 bits per heavy atom. The number of aryl methyl sites for hydroxylation is 2. The zero-order chi connectivity index (χ0) is 27.2. The molecule has 6 nitrogen and oxygen atoms in total. The normalized spacial score (nSPS) is 9.68. The number of para-hydroxylation sites is 2. The highest BCUT2D eigenvalue weighted by Crippen LogP contribution is 2.32. The largest absolute Gasteiger partial charge is 0.497 e. The van der Waals surface area contributed by atoms with Crippen LogP contribution in [0.3, 0.4) is 0 Å². The lowest BCUT2D eigenvalue weighted by molar-refractivity contribution is -0.118. The SMILES string of the molecule is CC.COc1cc(C)cc(Oc2ccccc2NC(=O)CNC=O)c1.Cc1cccc2cc(Cl)ccc12. The number of fused-ring (bicyclic) bond motifs is 1. The van der Waals surface area contributed by atoms with E-state index in [1.165, 1.54) is 16.3 Å². The number of methoxy groups -OCH3 is 1. The molecule has 0 bridgehead atoms. The molecule has 0 atom stereocenters. The minimum absolute atomic E-state index is 0.101.